The summed E-state index contributed by atoms with van der Waals surface area (Å²) in [4.78, 5) is 6.62. The Morgan fingerprint density at radius 3 is 2.48 bits per heavy atom. The molecule has 0 spiro atoms. The molecule has 0 aromatic heterocycles. The molecule has 0 unspecified atom stereocenters. The Hall–Kier alpha value is -2.29. The van der Waals surface area contributed by atoms with Crippen LogP contribution in [0.15, 0.2) is 47.5 Å². The van der Waals surface area contributed by atoms with Gasteiger partial charge in [-0.1, -0.05) is 18.2 Å². The maximum Gasteiger partial charge on any atom is 0.0909 e. The maximum atomic E-state index is 4.56. The van der Waals surface area contributed by atoms with Crippen molar-refractivity contribution < 1.29 is 0 Å². The number of nitrogens with zero attached hydrogens (tertiary/aromatic N) is 2. The first kappa shape index (κ1) is 15.1. The van der Waals surface area contributed by atoms with E-state index in [4.69, 9.17) is 0 Å². The number of hydrogen-bond acceptors (Lipinski definition) is 2. The lowest BCUT2D eigenvalue weighted by atomic mass is 10.1. The van der Waals surface area contributed by atoms with E-state index >= 15 is 0 Å². The molecule has 0 saturated heterocycles. The molecule has 21 heavy (non-hydrogen) atoms. The van der Waals surface area contributed by atoms with Gasteiger partial charge in [-0.2, -0.15) is 0 Å². The average Bonchev–Trinajstić information content (AvgIpc) is 2.50. The van der Waals surface area contributed by atoms with Gasteiger partial charge >= 0.3 is 0 Å². The Bertz CT molecular complexity index is 618. The number of para-hydroxylation sites is 1. The molecule has 0 aliphatic heterocycles. The smallest absolute Gasteiger partial charge is 0.0909 e. The number of aryl methyl sites for hydroxylation is 2. The van der Waals surface area contributed by atoms with Gasteiger partial charge < -0.3 is 10.2 Å². The zero-order chi connectivity index (χ0) is 15.2. The van der Waals surface area contributed by atoms with Crippen LogP contribution >= 0.6 is 0 Å². The van der Waals surface area contributed by atoms with Crippen LogP contribution in [-0.2, 0) is 0 Å². The van der Waals surface area contributed by atoms with Crippen molar-refractivity contribution in [1.29, 1.82) is 0 Å². The van der Waals surface area contributed by atoms with Gasteiger partial charge in [0.25, 0.3) is 0 Å². The second-order valence-corrected chi connectivity index (χ2v) is 5.26. The van der Waals surface area contributed by atoms with Gasteiger partial charge in [0.15, 0.2) is 0 Å². The Labute approximate surface area is 127 Å². The van der Waals surface area contributed by atoms with E-state index in [2.05, 4.69) is 60.2 Å². The molecule has 2 rings (SSSR count). The Kier molecular flexibility index (Phi) is 4.99. The van der Waals surface area contributed by atoms with Crippen LogP contribution in [0.25, 0.3) is 0 Å². The highest BCUT2D eigenvalue weighted by Crippen LogP contribution is 2.28. The zero-order valence-corrected chi connectivity index (χ0v) is 13.2. The minimum Gasteiger partial charge on any atom is -0.366 e. The predicted molar refractivity (Wildman–Crippen MR) is 92.1 cm³/mol. The largest absolute Gasteiger partial charge is 0.366 e. The van der Waals surface area contributed by atoms with E-state index in [1.54, 1.807) is 0 Å². The summed E-state index contributed by atoms with van der Waals surface area (Å²) in [5.41, 5.74) is 5.60. The first-order valence-corrected chi connectivity index (χ1v) is 7.28. The molecule has 0 saturated carbocycles. The van der Waals surface area contributed by atoms with Crippen molar-refractivity contribution in [1.82, 2.24) is 4.90 Å². The summed E-state index contributed by atoms with van der Waals surface area (Å²) in [6, 6.07) is 14.5. The molecule has 2 aromatic carbocycles. The Balaban J connectivity index is 2.23. The van der Waals surface area contributed by atoms with Gasteiger partial charge in [-0.15, -0.1) is 0 Å². The number of nitrogens with one attached hydrogen (secondary N) is 1. The summed E-state index contributed by atoms with van der Waals surface area (Å²) >= 11 is 0. The quantitative estimate of drug-likeness (QED) is 0.637. The molecule has 2 aromatic rings. The fourth-order valence-corrected chi connectivity index (χ4v) is 1.99. The zero-order valence-electron chi connectivity index (χ0n) is 13.2. The number of benzene rings is 2. The second-order valence-electron chi connectivity index (χ2n) is 5.26. The van der Waals surface area contributed by atoms with Gasteiger partial charge in [0.2, 0.25) is 0 Å². The van der Waals surface area contributed by atoms with Crippen LogP contribution < -0.4 is 5.32 Å². The van der Waals surface area contributed by atoms with Crippen molar-refractivity contribution in [3.8, 4) is 0 Å². The Morgan fingerprint density at radius 2 is 1.81 bits per heavy atom. The number of anilines is 2. The topological polar surface area (TPSA) is 27.6 Å². The Morgan fingerprint density at radius 1 is 1.10 bits per heavy atom. The lowest BCUT2D eigenvalue weighted by molar-refractivity contribution is 0.552. The van der Waals surface area contributed by atoms with Crippen molar-refractivity contribution in [2.45, 2.75) is 20.8 Å². The van der Waals surface area contributed by atoms with Crippen molar-refractivity contribution >= 4 is 23.4 Å². The molecule has 0 amide bonds. The summed E-state index contributed by atoms with van der Waals surface area (Å²) in [6.45, 7) is 7.26. The van der Waals surface area contributed by atoms with Crippen LogP contribution in [0.4, 0.5) is 17.1 Å². The lowest BCUT2D eigenvalue weighted by Gasteiger charge is -2.13. The number of rotatable bonds is 5. The van der Waals surface area contributed by atoms with Crippen molar-refractivity contribution in [3.63, 3.8) is 0 Å². The highest BCUT2D eigenvalue weighted by molar-refractivity contribution is 5.70. The minimum atomic E-state index is 0.954. The molecule has 0 aliphatic rings. The van der Waals surface area contributed by atoms with E-state index in [0.717, 1.165) is 23.6 Å². The van der Waals surface area contributed by atoms with Crippen LogP contribution in [0, 0.1) is 13.8 Å². The molecular formula is C18H23N3. The van der Waals surface area contributed by atoms with Gasteiger partial charge in [0.1, 0.15) is 0 Å². The summed E-state index contributed by atoms with van der Waals surface area (Å²) in [5.74, 6) is 0. The molecule has 1 N–H and O–H groups in total. The van der Waals surface area contributed by atoms with Crippen LogP contribution in [0.5, 0.6) is 0 Å². The molecule has 0 radical (unpaired) electrons. The summed E-state index contributed by atoms with van der Waals surface area (Å²) in [7, 11) is 2.02. The van der Waals surface area contributed by atoms with E-state index in [9.17, 15) is 0 Å². The van der Waals surface area contributed by atoms with Crippen LogP contribution in [0.3, 0.4) is 0 Å². The summed E-state index contributed by atoms with van der Waals surface area (Å²) < 4.78 is 0. The van der Waals surface area contributed by atoms with E-state index in [1.165, 1.54) is 11.1 Å². The van der Waals surface area contributed by atoms with Crippen molar-refractivity contribution in [2.24, 2.45) is 4.99 Å². The number of aliphatic imine (C=N–C) groups is 1. The average molecular weight is 281 g/mol. The fraction of sp³-hybridized carbons (Fsp3) is 0.278. The minimum absolute atomic E-state index is 0.954. The number of hydrogen-bond donors (Lipinski definition) is 1. The molecule has 110 valence electrons. The van der Waals surface area contributed by atoms with Crippen LogP contribution in [0.1, 0.15) is 18.1 Å². The van der Waals surface area contributed by atoms with Crippen LogP contribution in [0.2, 0.25) is 0 Å². The van der Waals surface area contributed by atoms with E-state index < -0.39 is 0 Å². The van der Waals surface area contributed by atoms with Gasteiger partial charge in [0, 0.05) is 25.0 Å². The summed E-state index contributed by atoms with van der Waals surface area (Å²) in [5, 5.41) is 3.45. The molecule has 0 heterocycles. The third-order valence-electron chi connectivity index (χ3n) is 3.49. The standard InChI is InChI=1S/C18H23N3/c1-5-21(4)13-19-17-11-15(3)18(12-14(17)2)20-16-9-7-6-8-10-16/h6-13,20H,5H2,1-4H3. The highest BCUT2D eigenvalue weighted by atomic mass is 15.1. The molecule has 0 bridgehead atoms. The van der Waals surface area contributed by atoms with E-state index in [0.29, 0.717) is 0 Å². The highest BCUT2D eigenvalue weighted by Gasteiger charge is 2.04. The normalized spacial score (nSPS) is 10.9. The maximum absolute atomic E-state index is 4.56. The fourth-order valence-electron chi connectivity index (χ4n) is 1.99. The molecule has 3 heteroatoms. The molecular weight excluding hydrogens is 258 g/mol. The second kappa shape index (κ2) is 6.93. The van der Waals surface area contributed by atoms with Gasteiger partial charge in [-0.25, -0.2) is 4.99 Å². The molecule has 0 atom stereocenters. The third-order valence-corrected chi connectivity index (χ3v) is 3.49. The summed E-state index contributed by atoms with van der Waals surface area (Å²) in [6.07, 6.45) is 1.88. The molecule has 3 nitrogen and oxygen atoms in total. The molecule has 0 fully saturated rings. The van der Waals surface area contributed by atoms with E-state index in [1.807, 2.05) is 31.6 Å². The predicted octanol–water partition coefficient (Wildman–Crippen LogP) is 4.66. The SMILES string of the molecule is CCN(C)C=Nc1cc(C)c(Nc2ccccc2)cc1C. The van der Waals surface area contributed by atoms with Crippen LogP contribution in [-0.4, -0.2) is 24.8 Å². The monoisotopic (exact) mass is 281 g/mol. The lowest BCUT2D eigenvalue weighted by Crippen LogP contribution is -2.14. The van der Waals surface area contributed by atoms with Gasteiger partial charge in [-0.3, -0.25) is 0 Å². The van der Waals surface area contributed by atoms with Gasteiger partial charge in [0.05, 0.1) is 12.0 Å². The first-order valence-electron chi connectivity index (χ1n) is 7.28. The third kappa shape index (κ3) is 4.09. The molecule has 0 aliphatic carbocycles. The van der Waals surface area contributed by atoms with Gasteiger partial charge in [-0.05, 0) is 56.2 Å². The first-order chi connectivity index (χ1) is 10.1. The van der Waals surface area contributed by atoms with Crippen molar-refractivity contribution in [3.05, 3.63) is 53.6 Å². The van der Waals surface area contributed by atoms with Crippen molar-refractivity contribution in [2.75, 3.05) is 18.9 Å². The van der Waals surface area contributed by atoms with E-state index in [-0.39, 0.29) is 0 Å².